The first kappa shape index (κ1) is 10.7. The zero-order valence-electron chi connectivity index (χ0n) is 7.84. The fourth-order valence-electron chi connectivity index (χ4n) is 0.958. The molecule has 0 aliphatic rings. The fourth-order valence-corrected chi connectivity index (χ4v) is 0.958. The van der Waals surface area contributed by atoms with Crippen molar-refractivity contribution in [1.82, 2.24) is 4.98 Å². The summed E-state index contributed by atoms with van der Waals surface area (Å²) in [5.41, 5.74) is 0.763. The van der Waals surface area contributed by atoms with E-state index in [-0.39, 0.29) is 0 Å². The quantitative estimate of drug-likeness (QED) is 0.794. The highest BCUT2D eigenvalue weighted by Gasteiger charge is 2.03. The van der Waals surface area contributed by atoms with Crippen LogP contribution in [0.3, 0.4) is 0 Å². The lowest BCUT2D eigenvalue weighted by atomic mass is 10.4. The summed E-state index contributed by atoms with van der Waals surface area (Å²) in [6.07, 6.45) is 0.555. The Balaban J connectivity index is 2.54. The maximum absolute atomic E-state index is 11.8. The summed E-state index contributed by atoms with van der Waals surface area (Å²) in [5.74, 6) is 0.351. The molecule has 1 aromatic rings. The number of hydrogen-bond acceptors (Lipinski definition) is 3. The molecule has 3 nitrogen and oxygen atoms in total. The van der Waals surface area contributed by atoms with Gasteiger partial charge in [-0.1, -0.05) is 0 Å². The Bertz CT molecular complexity index is 281. The van der Waals surface area contributed by atoms with Gasteiger partial charge < -0.3 is 10.1 Å². The van der Waals surface area contributed by atoms with Crippen LogP contribution in [0, 0.1) is 0 Å². The average Bonchev–Trinajstić information content (AvgIpc) is 2.16. The van der Waals surface area contributed by atoms with Gasteiger partial charge in [0.15, 0.2) is 0 Å². The van der Waals surface area contributed by atoms with Crippen molar-refractivity contribution in [2.75, 3.05) is 18.5 Å². The predicted octanol–water partition coefficient (Wildman–Crippen LogP) is 2.16. The van der Waals surface area contributed by atoms with Crippen molar-refractivity contribution in [3.05, 3.63) is 18.5 Å². The van der Waals surface area contributed by atoms with Gasteiger partial charge in [0, 0.05) is 12.6 Å². The maximum atomic E-state index is 11.8. The molecule has 0 saturated carbocycles. The standard InChI is InChI=1S/C9H12F2N2O/c1-2-13-7-3-8(5-12-4-7)14-6-9(10)11/h3-5,9,13H,2,6H2,1H3. The molecule has 0 fully saturated rings. The molecule has 0 atom stereocenters. The zero-order chi connectivity index (χ0) is 10.4. The number of alkyl halides is 2. The van der Waals surface area contributed by atoms with E-state index in [1.807, 2.05) is 6.92 Å². The lowest BCUT2D eigenvalue weighted by Gasteiger charge is -2.07. The SMILES string of the molecule is CCNc1cncc(OCC(F)F)c1. The van der Waals surface area contributed by atoms with Gasteiger partial charge in [0.1, 0.15) is 12.4 Å². The molecule has 0 radical (unpaired) electrons. The van der Waals surface area contributed by atoms with E-state index in [4.69, 9.17) is 4.74 Å². The van der Waals surface area contributed by atoms with Crippen LogP contribution in [0.1, 0.15) is 6.92 Å². The molecule has 1 aromatic heterocycles. The summed E-state index contributed by atoms with van der Waals surface area (Å²) in [7, 11) is 0. The van der Waals surface area contributed by atoms with E-state index >= 15 is 0 Å². The van der Waals surface area contributed by atoms with Gasteiger partial charge in [-0.25, -0.2) is 8.78 Å². The number of anilines is 1. The summed E-state index contributed by atoms with van der Waals surface area (Å²) in [5, 5.41) is 3.01. The molecule has 1 N–H and O–H groups in total. The summed E-state index contributed by atoms with van der Waals surface area (Å²) < 4.78 is 28.4. The van der Waals surface area contributed by atoms with Crippen LogP contribution >= 0.6 is 0 Å². The topological polar surface area (TPSA) is 34.2 Å². The minimum atomic E-state index is -2.46. The minimum absolute atomic E-state index is 0.351. The highest BCUT2D eigenvalue weighted by Crippen LogP contribution is 2.15. The van der Waals surface area contributed by atoms with Gasteiger partial charge in [-0.05, 0) is 6.92 Å². The third-order valence-corrected chi connectivity index (χ3v) is 1.47. The van der Waals surface area contributed by atoms with Crippen LogP contribution < -0.4 is 10.1 Å². The molecule has 14 heavy (non-hydrogen) atoms. The molecule has 0 saturated heterocycles. The molecule has 0 bridgehead atoms. The second-order valence-electron chi connectivity index (χ2n) is 2.64. The van der Waals surface area contributed by atoms with Gasteiger partial charge in [-0.2, -0.15) is 0 Å². The number of ether oxygens (including phenoxy) is 1. The van der Waals surface area contributed by atoms with Gasteiger partial charge in [0.05, 0.1) is 18.1 Å². The molecule has 78 valence electrons. The van der Waals surface area contributed by atoms with E-state index in [1.165, 1.54) is 6.20 Å². The highest BCUT2D eigenvalue weighted by atomic mass is 19.3. The molecule has 0 aliphatic carbocycles. The Kier molecular flexibility index (Phi) is 4.10. The number of halogens is 2. The molecule has 0 aliphatic heterocycles. The van der Waals surface area contributed by atoms with E-state index in [1.54, 1.807) is 12.3 Å². The monoisotopic (exact) mass is 202 g/mol. The van der Waals surface area contributed by atoms with Crippen molar-refractivity contribution >= 4 is 5.69 Å². The summed E-state index contributed by atoms with van der Waals surface area (Å²) >= 11 is 0. The molecule has 0 spiro atoms. The normalized spacial score (nSPS) is 10.3. The first-order valence-electron chi connectivity index (χ1n) is 4.32. The lowest BCUT2D eigenvalue weighted by molar-refractivity contribution is 0.0817. The van der Waals surface area contributed by atoms with Crippen LogP contribution in [0.4, 0.5) is 14.5 Å². The van der Waals surface area contributed by atoms with Crippen LogP contribution in [0.25, 0.3) is 0 Å². The summed E-state index contributed by atoms with van der Waals surface area (Å²) in [6, 6.07) is 1.64. The van der Waals surface area contributed by atoms with Crippen LogP contribution in [-0.2, 0) is 0 Å². The minimum Gasteiger partial charge on any atom is -0.486 e. The Morgan fingerprint density at radius 3 is 2.93 bits per heavy atom. The molecule has 1 rings (SSSR count). The molecule has 0 amide bonds. The molecule has 0 unspecified atom stereocenters. The first-order valence-corrected chi connectivity index (χ1v) is 4.32. The average molecular weight is 202 g/mol. The van der Waals surface area contributed by atoms with Crippen molar-refractivity contribution in [2.45, 2.75) is 13.3 Å². The lowest BCUT2D eigenvalue weighted by Crippen LogP contribution is -2.07. The van der Waals surface area contributed by atoms with Gasteiger partial charge in [-0.15, -0.1) is 0 Å². The second kappa shape index (κ2) is 5.36. The van der Waals surface area contributed by atoms with Crippen molar-refractivity contribution in [3.8, 4) is 5.75 Å². The highest BCUT2D eigenvalue weighted by molar-refractivity contribution is 5.44. The molecule has 5 heteroatoms. The van der Waals surface area contributed by atoms with Crippen molar-refractivity contribution in [3.63, 3.8) is 0 Å². The third-order valence-electron chi connectivity index (χ3n) is 1.47. The number of pyridine rings is 1. The Morgan fingerprint density at radius 2 is 2.29 bits per heavy atom. The number of hydrogen-bond donors (Lipinski definition) is 1. The maximum Gasteiger partial charge on any atom is 0.272 e. The van der Waals surface area contributed by atoms with Crippen LogP contribution in [0.5, 0.6) is 5.75 Å². The zero-order valence-corrected chi connectivity index (χ0v) is 7.84. The van der Waals surface area contributed by atoms with Gasteiger partial charge in [-0.3, -0.25) is 4.98 Å². The van der Waals surface area contributed by atoms with Gasteiger partial charge in [0.2, 0.25) is 0 Å². The summed E-state index contributed by atoms with van der Waals surface area (Å²) in [4.78, 5) is 3.85. The predicted molar refractivity (Wildman–Crippen MR) is 49.9 cm³/mol. The van der Waals surface area contributed by atoms with Crippen LogP contribution in [0.15, 0.2) is 18.5 Å². The molecular formula is C9H12F2N2O. The van der Waals surface area contributed by atoms with Crippen molar-refractivity contribution < 1.29 is 13.5 Å². The smallest absolute Gasteiger partial charge is 0.272 e. The molecular weight excluding hydrogens is 190 g/mol. The van der Waals surface area contributed by atoms with Crippen molar-refractivity contribution in [2.24, 2.45) is 0 Å². The Labute approximate surface area is 81.1 Å². The summed E-state index contributed by atoms with van der Waals surface area (Å²) in [6.45, 7) is 2.09. The van der Waals surface area contributed by atoms with E-state index in [9.17, 15) is 8.78 Å². The second-order valence-corrected chi connectivity index (χ2v) is 2.64. The van der Waals surface area contributed by atoms with Gasteiger partial charge >= 0.3 is 0 Å². The first-order chi connectivity index (χ1) is 6.72. The number of nitrogens with one attached hydrogen (secondary N) is 1. The van der Waals surface area contributed by atoms with Crippen molar-refractivity contribution in [1.29, 1.82) is 0 Å². The Morgan fingerprint density at radius 1 is 1.50 bits per heavy atom. The van der Waals surface area contributed by atoms with E-state index in [0.29, 0.717) is 5.75 Å². The number of rotatable bonds is 5. The number of nitrogens with zero attached hydrogens (tertiary/aromatic N) is 1. The fraction of sp³-hybridized carbons (Fsp3) is 0.444. The molecule has 1 heterocycles. The number of aromatic nitrogens is 1. The Hall–Kier alpha value is -1.39. The third kappa shape index (κ3) is 3.55. The molecule has 0 aromatic carbocycles. The largest absolute Gasteiger partial charge is 0.486 e. The van der Waals surface area contributed by atoms with E-state index in [2.05, 4.69) is 10.3 Å². The van der Waals surface area contributed by atoms with E-state index < -0.39 is 13.0 Å². The van der Waals surface area contributed by atoms with E-state index in [0.717, 1.165) is 12.2 Å². The van der Waals surface area contributed by atoms with Gasteiger partial charge in [0.25, 0.3) is 6.43 Å². The van der Waals surface area contributed by atoms with Crippen LogP contribution in [-0.4, -0.2) is 24.6 Å². The van der Waals surface area contributed by atoms with Crippen LogP contribution in [0.2, 0.25) is 0 Å².